The number of thioether (sulfide) groups is 1. The summed E-state index contributed by atoms with van der Waals surface area (Å²) in [7, 11) is 0. The predicted octanol–water partition coefficient (Wildman–Crippen LogP) is 3.78. The average Bonchev–Trinajstić information content (AvgIpc) is 2.82. The Morgan fingerprint density at radius 1 is 1.37 bits per heavy atom. The van der Waals surface area contributed by atoms with Crippen molar-refractivity contribution in [3.05, 3.63) is 33.4 Å². The van der Waals surface area contributed by atoms with Gasteiger partial charge in [0.15, 0.2) is 5.16 Å². The minimum absolute atomic E-state index is 0.00406. The number of hydrogen-bond acceptors (Lipinski definition) is 5. The third-order valence-corrected chi connectivity index (χ3v) is 6.80. The van der Waals surface area contributed by atoms with Crippen LogP contribution in [0.2, 0.25) is 0 Å². The number of thiophene rings is 1. The summed E-state index contributed by atoms with van der Waals surface area (Å²) in [5.74, 6) is 0.636. The first-order valence-corrected chi connectivity index (χ1v) is 11.4. The summed E-state index contributed by atoms with van der Waals surface area (Å²) in [6, 6.07) is 0. The van der Waals surface area contributed by atoms with E-state index in [1.807, 2.05) is 0 Å². The number of carbonyl (C=O) groups is 1. The molecule has 0 radical (unpaired) electrons. The molecular formula is C20H27N3O2S2. The topological polar surface area (TPSA) is 64.0 Å². The second-order valence-electron chi connectivity index (χ2n) is 7.33. The number of aryl methyl sites for hydroxylation is 2. The quantitative estimate of drug-likeness (QED) is 0.330. The van der Waals surface area contributed by atoms with Gasteiger partial charge < -0.3 is 5.32 Å². The highest BCUT2D eigenvalue weighted by atomic mass is 32.2. The molecule has 0 bridgehead atoms. The van der Waals surface area contributed by atoms with E-state index in [1.54, 1.807) is 22.0 Å². The van der Waals surface area contributed by atoms with Gasteiger partial charge in [0.1, 0.15) is 4.83 Å². The molecule has 146 valence electrons. The van der Waals surface area contributed by atoms with Gasteiger partial charge in [-0.15, -0.1) is 17.9 Å². The van der Waals surface area contributed by atoms with E-state index in [9.17, 15) is 9.59 Å². The molecule has 3 rings (SSSR count). The van der Waals surface area contributed by atoms with Crippen LogP contribution in [0, 0.1) is 5.92 Å². The lowest BCUT2D eigenvalue weighted by Gasteiger charge is -2.11. The van der Waals surface area contributed by atoms with Crippen LogP contribution in [0.4, 0.5) is 0 Å². The van der Waals surface area contributed by atoms with Gasteiger partial charge in [-0.2, -0.15) is 0 Å². The van der Waals surface area contributed by atoms with Gasteiger partial charge in [-0.05, 0) is 37.2 Å². The molecular weight excluding hydrogens is 378 g/mol. The summed E-state index contributed by atoms with van der Waals surface area (Å²) >= 11 is 2.98. The van der Waals surface area contributed by atoms with Crippen LogP contribution in [0.5, 0.6) is 0 Å². The van der Waals surface area contributed by atoms with Crippen molar-refractivity contribution in [2.45, 2.75) is 57.7 Å². The second-order valence-corrected chi connectivity index (χ2v) is 9.36. The predicted molar refractivity (Wildman–Crippen MR) is 114 cm³/mol. The molecule has 0 saturated carbocycles. The van der Waals surface area contributed by atoms with Crippen molar-refractivity contribution in [2.75, 3.05) is 12.3 Å². The van der Waals surface area contributed by atoms with Crippen molar-refractivity contribution in [3.63, 3.8) is 0 Å². The van der Waals surface area contributed by atoms with E-state index >= 15 is 0 Å². The van der Waals surface area contributed by atoms with E-state index in [2.05, 4.69) is 25.7 Å². The zero-order valence-corrected chi connectivity index (χ0v) is 17.7. The number of aromatic nitrogens is 2. The Morgan fingerprint density at radius 3 is 2.89 bits per heavy atom. The first kappa shape index (κ1) is 20.1. The first-order chi connectivity index (χ1) is 13.0. The minimum atomic E-state index is -0.0323. The monoisotopic (exact) mass is 405 g/mol. The molecule has 1 aliphatic carbocycles. The maximum absolute atomic E-state index is 13.2. The fourth-order valence-electron chi connectivity index (χ4n) is 3.30. The van der Waals surface area contributed by atoms with Crippen molar-refractivity contribution in [2.24, 2.45) is 5.92 Å². The highest BCUT2D eigenvalue weighted by molar-refractivity contribution is 7.99. The Labute approximate surface area is 168 Å². The van der Waals surface area contributed by atoms with E-state index in [-0.39, 0.29) is 17.2 Å². The van der Waals surface area contributed by atoms with Crippen LogP contribution in [0.1, 0.15) is 43.6 Å². The van der Waals surface area contributed by atoms with Gasteiger partial charge >= 0.3 is 0 Å². The second kappa shape index (κ2) is 9.06. The van der Waals surface area contributed by atoms with Gasteiger partial charge in [0, 0.05) is 18.0 Å². The molecule has 5 nitrogen and oxygen atoms in total. The zero-order chi connectivity index (χ0) is 19.4. The van der Waals surface area contributed by atoms with Crippen LogP contribution in [0.25, 0.3) is 10.2 Å². The number of allylic oxidation sites excluding steroid dienone is 1. The van der Waals surface area contributed by atoms with Crippen LogP contribution in [0.3, 0.4) is 0 Å². The lowest BCUT2D eigenvalue weighted by molar-refractivity contribution is -0.118. The average molecular weight is 406 g/mol. The molecule has 1 aliphatic rings. The zero-order valence-electron chi connectivity index (χ0n) is 16.0. The minimum Gasteiger partial charge on any atom is -0.355 e. The Kier molecular flexibility index (Phi) is 6.76. The molecule has 1 N–H and O–H groups in total. The van der Waals surface area contributed by atoms with E-state index in [1.165, 1.54) is 35.0 Å². The Bertz CT molecular complexity index is 899. The highest BCUT2D eigenvalue weighted by Gasteiger charge is 2.21. The molecule has 0 unspecified atom stereocenters. The van der Waals surface area contributed by atoms with E-state index in [0.29, 0.717) is 24.2 Å². The molecule has 0 spiro atoms. The Hall–Kier alpha value is -1.60. The third-order valence-electron chi connectivity index (χ3n) is 4.64. The summed E-state index contributed by atoms with van der Waals surface area (Å²) in [6.45, 7) is 8.96. The lowest BCUT2D eigenvalue weighted by atomic mass is 10.1. The summed E-state index contributed by atoms with van der Waals surface area (Å²) < 4.78 is 1.66. The van der Waals surface area contributed by atoms with Gasteiger partial charge in [0.05, 0.1) is 11.1 Å². The lowest BCUT2D eigenvalue weighted by Crippen LogP contribution is -2.29. The van der Waals surface area contributed by atoms with Crippen molar-refractivity contribution < 1.29 is 4.79 Å². The van der Waals surface area contributed by atoms with Crippen LogP contribution in [-0.2, 0) is 24.2 Å². The van der Waals surface area contributed by atoms with Crippen LogP contribution in [-0.4, -0.2) is 27.8 Å². The van der Waals surface area contributed by atoms with Crippen molar-refractivity contribution in [1.82, 2.24) is 14.9 Å². The van der Waals surface area contributed by atoms with Gasteiger partial charge in [-0.3, -0.25) is 14.2 Å². The van der Waals surface area contributed by atoms with Crippen molar-refractivity contribution in [1.29, 1.82) is 0 Å². The molecule has 0 fully saturated rings. The fraction of sp³-hybridized carbons (Fsp3) is 0.550. The number of nitrogens with one attached hydrogen (secondary N) is 1. The molecule has 27 heavy (non-hydrogen) atoms. The van der Waals surface area contributed by atoms with E-state index in [4.69, 9.17) is 4.98 Å². The van der Waals surface area contributed by atoms with Crippen LogP contribution >= 0.6 is 23.1 Å². The summed E-state index contributed by atoms with van der Waals surface area (Å²) in [6.07, 6.45) is 7.24. The SMILES string of the molecule is C=CCn1c(SCC(=O)NCC(C)C)nc2sc3c(c2c1=O)CCCCC3. The number of fused-ring (bicyclic) bond motifs is 3. The number of hydrogen-bond donors (Lipinski definition) is 1. The molecule has 0 atom stereocenters. The van der Waals surface area contributed by atoms with Crippen LogP contribution in [0.15, 0.2) is 22.6 Å². The molecule has 2 aromatic rings. The van der Waals surface area contributed by atoms with Gasteiger partial charge in [0.25, 0.3) is 5.56 Å². The molecule has 7 heteroatoms. The standard InChI is InChI=1S/C20H27N3O2S2/c1-4-10-23-19(25)17-14-8-6-5-7-9-15(14)27-18(17)22-20(23)26-12-16(24)21-11-13(2)3/h4,13H,1,5-12H2,2-3H3,(H,21,24). The maximum Gasteiger partial charge on any atom is 0.263 e. The smallest absolute Gasteiger partial charge is 0.263 e. The van der Waals surface area contributed by atoms with Crippen molar-refractivity contribution >= 4 is 39.2 Å². The number of nitrogens with zero attached hydrogens (tertiary/aromatic N) is 2. The molecule has 2 aromatic heterocycles. The molecule has 0 aromatic carbocycles. The van der Waals surface area contributed by atoms with Crippen LogP contribution < -0.4 is 10.9 Å². The maximum atomic E-state index is 13.2. The van der Waals surface area contributed by atoms with E-state index in [0.717, 1.165) is 29.5 Å². The number of carbonyl (C=O) groups excluding carboxylic acids is 1. The third kappa shape index (κ3) is 4.63. The summed E-state index contributed by atoms with van der Waals surface area (Å²) in [4.78, 5) is 32.2. The van der Waals surface area contributed by atoms with Crippen molar-refractivity contribution in [3.8, 4) is 0 Å². The number of amides is 1. The first-order valence-electron chi connectivity index (χ1n) is 9.56. The van der Waals surface area contributed by atoms with Gasteiger partial charge in [-0.1, -0.05) is 38.1 Å². The van der Waals surface area contributed by atoms with Gasteiger partial charge in [-0.25, -0.2) is 4.98 Å². The highest BCUT2D eigenvalue weighted by Crippen LogP contribution is 2.34. The largest absolute Gasteiger partial charge is 0.355 e. The molecule has 1 amide bonds. The Balaban J connectivity index is 1.92. The summed E-state index contributed by atoms with van der Waals surface area (Å²) in [5, 5.41) is 4.29. The van der Waals surface area contributed by atoms with E-state index < -0.39 is 0 Å². The number of rotatable bonds is 7. The molecule has 0 saturated heterocycles. The Morgan fingerprint density at radius 2 is 2.15 bits per heavy atom. The fourth-order valence-corrected chi connectivity index (χ4v) is 5.44. The molecule has 2 heterocycles. The molecule has 0 aliphatic heterocycles. The van der Waals surface area contributed by atoms with Gasteiger partial charge in [0.2, 0.25) is 5.91 Å². The normalized spacial score (nSPS) is 14.2. The summed E-state index contributed by atoms with van der Waals surface area (Å²) in [5.41, 5.74) is 1.21.